The zero-order valence-electron chi connectivity index (χ0n) is 14.7. The number of amides is 2. The van der Waals surface area contributed by atoms with Crippen LogP contribution >= 0.6 is 11.6 Å². The first-order valence-corrected chi connectivity index (χ1v) is 8.40. The summed E-state index contributed by atoms with van der Waals surface area (Å²) < 4.78 is 18.9. The number of nitrogens with one attached hydrogen (secondary N) is 2. The maximum atomic E-state index is 13.8. The highest BCUT2D eigenvalue weighted by atomic mass is 35.5. The zero-order chi connectivity index (χ0) is 19.3. The fourth-order valence-corrected chi connectivity index (χ4v) is 2.48. The highest BCUT2D eigenvalue weighted by Gasteiger charge is 2.25. The zero-order valence-corrected chi connectivity index (χ0v) is 15.4. The van der Waals surface area contributed by atoms with E-state index in [1.54, 1.807) is 38.1 Å². The Bertz CT molecular complexity index is 794. The molecular formula is C19H20ClFN2O3. The van der Waals surface area contributed by atoms with E-state index in [9.17, 15) is 14.0 Å². The average molecular weight is 379 g/mol. The van der Waals surface area contributed by atoms with Gasteiger partial charge in [0.25, 0.3) is 5.91 Å². The van der Waals surface area contributed by atoms with Crippen LogP contribution in [0.25, 0.3) is 0 Å². The van der Waals surface area contributed by atoms with Gasteiger partial charge in [0.15, 0.2) is 0 Å². The topological polar surface area (TPSA) is 67.4 Å². The second-order valence-corrected chi connectivity index (χ2v) is 6.47. The maximum absolute atomic E-state index is 13.8. The second-order valence-electron chi connectivity index (χ2n) is 6.04. The van der Waals surface area contributed by atoms with E-state index < -0.39 is 23.7 Å². The molecule has 26 heavy (non-hydrogen) atoms. The van der Waals surface area contributed by atoms with E-state index in [4.69, 9.17) is 16.3 Å². The molecule has 0 bridgehead atoms. The Labute approximate surface area is 156 Å². The van der Waals surface area contributed by atoms with Crippen LogP contribution in [0.2, 0.25) is 5.02 Å². The summed E-state index contributed by atoms with van der Waals surface area (Å²) >= 11 is 5.83. The van der Waals surface area contributed by atoms with Crippen molar-refractivity contribution in [2.24, 2.45) is 5.92 Å². The molecule has 138 valence electrons. The number of carbonyl (C=O) groups is 2. The Balaban J connectivity index is 2.13. The van der Waals surface area contributed by atoms with Gasteiger partial charge in [0, 0.05) is 10.6 Å². The molecule has 2 aromatic carbocycles. The summed E-state index contributed by atoms with van der Waals surface area (Å²) in [6.45, 7) is 3.57. The predicted molar refractivity (Wildman–Crippen MR) is 99.1 cm³/mol. The van der Waals surface area contributed by atoms with E-state index >= 15 is 0 Å². The number of methoxy groups -OCH3 is 1. The molecule has 0 saturated carbocycles. The fraction of sp³-hybridized carbons (Fsp3) is 0.263. The maximum Gasteiger partial charge on any atom is 0.251 e. The third kappa shape index (κ3) is 4.95. The molecule has 0 spiro atoms. The first kappa shape index (κ1) is 19.7. The first-order valence-electron chi connectivity index (χ1n) is 8.02. The molecule has 0 aliphatic rings. The van der Waals surface area contributed by atoms with E-state index in [1.807, 2.05) is 0 Å². The normalized spacial score (nSPS) is 11.8. The van der Waals surface area contributed by atoms with E-state index in [2.05, 4.69) is 10.6 Å². The number of hydrogen-bond acceptors (Lipinski definition) is 3. The van der Waals surface area contributed by atoms with Crippen LogP contribution in [-0.2, 0) is 4.79 Å². The standard InChI is InChI=1S/C19H20ClFN2O3/c1-11(2)17(19(25)22-16-10-13(20)6-9-15(16)21)23-18(24)12-4-7-14(26-3)8-5-12/h4-11,17H,1-3H3,(H,22,25)(H,23,24). The molecule has 0 heterocycles. The molecule has 5 nitrogen and oxygen atoms in total. The van der Waals surface area contributed by atoms with Gasteiger partial charge in [-0.3, -0.25) is 9.59 Å². The van der Waals surface area contributed by atoms with Crippen LogP contribution in [0.4, 0.5) is 10.1 Å². The van der Waals surface area contributed by atoms with Gasteiger partial charge >= 0.3 is 0 Å². The van der Waals surface area contributed by atoms with Gasteiger partial charge in [-0.2, -0.15) is 0 Å². The minimum atomic E-state index is -0.844. The number of carbonyl (C=O) groups excluding carboxylic acids is 2. The molecule has 0 radical (unpaired) electrons. The average Bonchev–Trinajstić information content (AvgIpc) is 2.62. The lowest BCUT2D eigenvalue weighted by atomic mass is 10.0. The van der Waals surface area contributed by atoms with Crippen LogP contribution in [0.15, 0.2) is 42.5 Å². The molecule has 2 amide bonds. The number of hydrogen-bond donors (Lipinski definition) is 2. The molecule has 2 rings (SSSR count). The number of halogens is 2. The SMILES string of the molecule is COc1ccc(C(=O)NC(C(=O)Nc2cc(Cl)ccc2F)C(C)C)cc1. The molecule has 0 aliphatic heterocycles. The quantitative estimate of drug-likeness (QED) is 0.801. The van der Waals surface area contributed by atoms with Gasteiger partial charge < -0.3 is 15.4 Å². The highest BCUT2D eigenvalue weighted by molar-refractivity contribution is 6.30. The smallest absolute Gasteiger partial charge is 0.251 e. The van der Waals surface area contributed by atoms with Crippen LogP contribution in [0.5, 0.6) is 5.75 Å². The minimum Gasteiger partial charge on any atom is -0.497 e. The van der Waals surface area contributed by atoms with Gasteiger partial charge in [0.2, 0.25) is 5.91 Å². The Hall–Kier alpha value is -2.60. The van der Waals surface area contributed by atoms with Crippen LogP contribution in [0, 0.1) is 11.7 Å². The van der Waals surface area contributed by atoms with E-state index in [1.165, 1.54) is 19.2 Å². The van der Waals surface area contributed by atoms with Crippen molar-refractivity contribution in [2.75, 3.05) is 12.4 Å². The van der Waals surface area contributed by atoms with Gasteiger partial charge in [-0.15, -0.1) is 0 Å². The molecule has 7 heteroatoms. The Kier molecular flexibility index (Phi) is 6.58. The Morgan fingerprint density at radius 1 is 1.12 bits per heavy atom. The summed E-state index contributed by atoms with van der Waals surface area (Å²) in [5, 5.41) is 5.45. The minimum absolute atomic E-state index is 0.0353. The number of anilines is 1. The van der Waals surface area contributed by atoms with Gasteiger partial charge in [0.05, 0.1) is 12.8 Å². The molecule has 2 N–H and O–H groups in total. The van der Waals surface area contributed by atoms with E-state index in [0.717, 1.165) is 6.07 Å². The van der Waals surface area contributed by atoms with Crippen LogP contribution in [-0.4, -0.2) is 25.0 Å². The summed E-state index contributed by atoms with van der Waals surface area (Å²) in [6, 6.07) is 9.53. The molecule has 2 aromatic rings. The van der Waals surface area contributed by atoms with Crippen LogP contribution in [0.3, 0.4) is 0 Å². The lowest BCUT2D eigenvalue weighted by molar-refractivity contribution is -0.118. The van der Waals surface area contributed by atoms with Gasteiger partial charge in [0.1, 0.15) is 17.6 Å². The summed E-state index contributed by atoms with van der Waals surface area (Å²) in [6.07, 6.45) is 0. The molecule has 0 aromatic heterocycles. The summed E-state index contributed by atoms with van der Waals surface area (Å²) in [4.78, 5) is 24.9. The van der Waals surface area contributed by atoms with Gasteiger partial charge in [-0.05, 0) is 48.4 Å². The predicted octanol–water partition coefficient (Wildman–Crippen LogP) is 3.88. The van der Waals surface area contributed by atoms with Crippen molar-refractivity contribution in [3.8, 4) is 5.75 Å². The number of rotatable bonds is 6. The van der Waals surface area contributed by atoms with Crippen LogP contribution < -0.4 is 15.4 Å². The van der Waals surface area contributed by atoms with E-state index in [-0.39, 0.29) is 11.6 Å². The van der Waals surface area contributed by atoms with Gasteiger partial charge in [-0.25, -0.2) is 4.39 Å². The molecule has 0 aliphatic carbocycles. The Morgan fingerprint density at radius 3 is 2.35 bits per heavy atom. The highest BCUT2D eigenvalue weighted by Crippen LogP contribution is 2.20. The monoisotopic (exact) mass is 378 g/mol. The summed E-state index contributed by atoms with van der Waals surface area (Å²) in [5.74, 6) is -1.13. The molecule has 1 unspecified atom stereocenters. The van der Waals surface area contributed by atoms with Crippen molar-refractivity contribution < 1.29 is 18.7 Å². The third-order valence-electron chi connectivity index (χ3n) is 3.77. The van der Waals surface area contributed by atoms with Crippen LogP contribution in [0.1, 0.15) is 24.2 Å². The lowest BCUT2D eigenvalue weighted by Gasteiger charge is -2.22. The van der Waals surface area contributed by atoms with Gasteiger partial charge in [-0.1, -0.05) is 25.4 Å². The van der Waals surface area contributed by atoms with Crippen molar-refractivity contribution in [1.29, 1.82) is 0 Å². The van der Waals surface area contributed by atoms with E-state index in [0.29, 0.717) is 16.3 Å². The summed E-state index contributed by atoms with van der Waals surface area (Å²) in [5.41, 5.74) is 0.352. The first-order chi connectivity index (χ1) is 12.3. The third-order valence-corrected chi connectivity index (χ3v) is 4.01. The fourth-order valence-electron chi connectivity index (χ4n) is 2.31. The second kappa shape index (κ2) is 8.67. The molecule has 1 atom stereocenters. The largest absolute Gasteiger partial charge is 0.497 e. The van der Waals surface area contributed by atoms with Crippen molar-refractivity contribution >= 4 is 29.1 Å². The molecule has 0 fully saturated rings. The molecular weight excluding hydrogens is 359 g/mol. The lowest BCUT2D eigenvalue weighted by Crippen LogP contribution is -2.47. The summed E-state index contributed by atoms with van der Waals surface area (Å²) in [7, 11) is 1.53. The van der Waals surface area contributed by atoms with Crippen molar-refractivity contribution in [1.82, 2.24) is 5.32 Å². The number of benzene rings is 2. The molecule has 0 saturated heterocycles. The van der Waals surface area contributed by atoms with Crippen molar-refractivity contribution in [3.63, 3.8) is 0 Å². The number of ether oxygens (including phenoxy) is 1. The van der Waals surface area contributed by atoms with Crippen molar-refractivity contribution in [2.45, 2.75) is 19.9 Å². The van der Waals surface area contributed by atoms with Crippen molar-refractivity contribution in [3.05, 3.63) is 58.9 Å². The Morgan fingerprint density at radius 2 is 1.77 bits per heavy atom.